The van der Waals surface area contributed by atoms with Gasteiger partial charge in [-0.2, -0.15) is 0 Å². The van der Waals surface area contributed by atoms with E-state index in [1.54, 1.807) is 0 Å². The van der Waals surface area contributed by atoms with Crippen LogP contribution in [0, 0.1) is 5.92 Å². The van der Waals surface area contributed by atoms with Crippen molar-refractivity contribution in [2.45, 2.75) is 32.9 Å². The lowest BCUT2D eigenvalue weighted by Crippen LogP contribution is -2.56. The fourth-order valence-corrected chi connectivity index (χ4v) is 2.28. The predicted molar refractivity (Wildman–Crippen MR) is 64.6 cm³/mol. The number of carbonyl (C=O) groups is 1. The minimum atomic E-state index is -0.0840. The molecule has 1 amide bonds. The van der Waals surface area contributed by atoms with Crippen molar-refractivity contribution in [2.24, 2.45) is 11.8 Å². The summed E-state index contributed by atoms with van der Waals surface area (Å²) in [7, 11) is 2.16. The minimum Gasteiger partial charge on any atom is -0.299 e. The number of nitrogens with two attached hydrogens (primary N) is 1. The Hall–Kier alpha value is -0.650. The number of hydrogen-bond donors (Lipinski definition) is 2. The molecule has 1 rings (SSSR count). The molecule has 5 nitrogen and oxygen atoms in total. The molecule has 1 aliphatic heterocycles. The number of piperazine rings is 1. The molecular weight excluding hydrogens is 204 g/mol. The van der Waals surface area contributed by atoms with Crippen LogP contribution in [0.4, 0.5) is 0 Å². The van der Waals surface area contributed by atoms with Crippen molar-refractivity contribution < 1.29 is 4.79 Å². The van der Waals surface area contributed by atoms with E-state index in [1.807, 2.05) is 6.92 Å². The van der Waals surface area contributed by atoms with Gasteiger partial charge in [-0.25, -0.2) is 5.84 Å². The van der Waals surface area contributed by atoms with E-state index in [0.29, 0.717) is 12.1 Å². The first kappa shape index (κ1) is 13.4. The van der Waals surface area contributed by atoms with Gasteiger partial charge in [-0.1, -0.05) is 6.92 Å². The highest BCUT2D eigenvalue weighted by Crippen LogP contribution is 2.14. The topological polar surface area (TPSA) is 61.6 Å². The van der Waals surface area contributed by atoms with E-state index in [1.165, 1.54) is 0 Å². The van der Waals surface area contributed by atoms with Crippen LogP contribution in [0.2, 0.25) is 0 Å². The van der Waals surface area contributed by atoms with E-state index in [4.69, 9.17) is 5.84 Å². The highest BCUT2D eigenvalue weighted by molar-refractivity contribution is 5.77. The Morgan fingerprint density at radius 2 is 1.94 bits per heavy atom. The maximum absolute atomic E-state index is 11.3. The molecule has 0 aromatic heterocycles. The maximum Gasteiger partial charge on any atom is 0.237 e. The number of hydrazine groups is 1. The number of nitrogens with one attached hydrogen (secondary N) is 1. The molecule has 1 saturated heterocycles. The summed E-state index contributed by atoms with van der Waals surface area (Å²) in [6.07, 6.45) is 0. The first-order chi connectivity index (χ1) is 7.45. The predicted octanol–water partition coefficient (Wildman–Crippen LogP) is -0.363. The second-order valence-electron chi connectivity index (χ2n) is 4.99. The molecule has 0 saturated carbocycles. The first-order valence-corrected chi connectivity index (χ1v) is 5.90. The highest BCUT2D eigenvalue weighted by atomic mass is 16.2. The van der Waals surface area contributed by atoms with Gasteiger partial charge >= 0.3 is 0 Å². The van der Waals surface area contributed by atoms with Gasteiger partial charge in [-0.15, -0.1) is 0 Å². The van der Waals surface area contributed by atoms with Crippen LogP contribution in [0.1, 0.15) is 20.8 Å². The fourth-order valence-electron chi connectivity index (χ4n) is 2.28. The van der Waals surface area contributed by atoms with Gasteiger partial charge in [0, 0.05) is 37.6 Å². The van der Waals surface area contributed by atoms with E-state index >= 15 is 0 Å². The summed E-state index contributed by atoms with van der Waals surface area (Å²) in [4.78, 5) is 16.1. The third-order valence-electron chi connectivity index (χ3n) is 3.56. The molecule has 1 heterocycles. The van der Waals surface area contributed by atoms with E-state index in [2.05, 4.69) is 36.1 Å². The Labute approximate surface area is 97.9 Å². The molecule has 3 atom stereocenters. The normalized spacial score (nSPS) is 30.1. The Morgan fingerprint density at radius 1 is 1.44 bits per heavy atom. The zero-order valence-corrected chi connectivity index (χ0v) is 10.7. The van der Waals surface area contributed by atoms with E-state index in [9.17, 15) is 4.79 Å². The maximum atomic E-state index is 11.3. The molecule has 3 unspecified atom stereocenters. The molecule has 94 valence electrons. The van der Waals surface area contributed by atoms with Gasteiger partial charge in [0.25, 0.3) is 0 Å². The van der Waals surface area contributed by atoms with Crippen molar-refractivity contribution in [3.63, 3.8) is 0 Å². The van der Waals surface area contributed by atoms with Crippen molar-refractivity contribution in [3.8, 4) is 0 Å². The van der Waals surface area contributed by atoms with Gasteiger partial charge in [0.2, 0.25) is 5.91 Å². The van der Waals surface area contributed by atoms with Crippen LogP contribution in [0.3, 0.4) is 0 Å². The van der Waals surface area contributed by atoms with E-state index in [0.717, 1.165) is 19.6 Å². The molecule has 0 aromatic rings. The highest BCUT2D eigenvalue weighted by Gasteiger charge is 2.28. The van der Waals surface area contributed by atoms with Crippen molar-refractivity contribution in [2.75, 3.05) is 26.7 Å². The van der Waals surface area contributed by atoms with Crippen molar-refractivity contribution in [1.82, 2.24) is 15.2 Å². The molecule has 3 N–H and O–H groups in total. The van der Waals surface area contributed by atoms with Gasteiger partial charge in [-0.3, -0.25) is 20.0 Å². The largest absolute Gasteiger partial charge is 0.299 e. The van der Waals surface area contributed by atoms with Crippen LogP contribution >= 0.6 is 0 Å². The van der Waals surface area contributed by atoms with E-state index < -0.39 is 0 Å². The summed E-state index contributed by atoms with van der Waals surface area (Å²) in [6.45, 7) is 9.17. The molecule has 1 aliphatic rings. The van der Waals surface area contributed by atoms with Gasteiger partial charge in [-0.05, 0) is 20.9 Å². The lowest BCUT2D eigenvalue weighted by molar-refractivity contribution is -0.125. The molecular formula is C11H24N4O. The Kier molecular flexibility index (Phi) is 4.70. The monoisotopic (exact) mass is 228 g/mol. The third kappa shape index (κ3) is 3.17. The summed E-state index contributed by atoms with van der Waals surface area (Å²) in [5, 5.41) is 0. The van der Waals surface area contributed by atoms with Crippen molar-refractivity contribution in [1.29, 1.82) is 0 Å². The molecule has 0 spiro atoms. The summed E-state index contributed by atoms with van der Waals surface area (Å²) >= 11 is 0. The quantitative estimate of drug-likeness (QED) is 0.393. The lowest BCUT2D eigenvalue weighted by Gasteiger charge is -2.43. The molecule has 0 aromatic carbocycles. The van der Waals surface area contributed by atoms with Crippen LogP contribution in [-0.2, 0) is 4.79 Å². The number of nitrogens with zero attached hydrogens (tertiary/aromatic N) is 2. The zero-order valence-electron chi connectivity index (χ0n) is 10.7. The summed E-state index contributed by atoms with van der Waals surface area (Å²) in [5.41, 5.74) is 2.21. The lowest BCUT2D eigenvalue weighted by atomic mass is 10.1. The summed E-state index contributed by atoms with van der Waals surface area (Å²) in [6, 6.07) is 1.08. The van der Waals surface area contributed by atoms with Gasteiger partial charge in [0.05, 0.1) is 0 Å². The average Bonchev–Trinajstić information content (AvgIpc) is 2.24. The van der Waals surface area contributed by atoms with Crippen LogP contribution in [-0.4, -0.2) is 54.5 Å². The molecule has 0 radical (unpaired) electrons. The zero-order chi connectivity index (χ0) is 12.3. The second kappa shape index (κ2) is 5.61. The second-order valence-corrected chi connectivity index (χ2v) is 4.99. The molecule has 0 bridgehead atoms. The van der Waals surface area contributed by atoms with Gasteiger partial charge < -0.3 is 0 Å². The SMILES string of the molecule is CC(CN1CC(C)N(C)C(C)C1)C(=O)NN. The molecule has 1 fully saturated rings. The number of likely N-dealkylation sites (N-methyl/N-ethyl adjacent to an activating group) is 1. The average molecular weight is 228 g/mol. The Bertz CT molecular complexity index is 234. The molecule has 5 heteroatoms. The third-order valence-corrected chi connectivity index (χ3v) is 3.56. The number of carbonyl (C=O) groups excluding carboxylic acids is 1. The van der Waals surface area contributed by atoms with Crippen LogP contribution in [0.5, 0.6) is 0 Å². The number of hydrogen-bond acceptors (Lipinski definition) is 4. The Morgan fingerprint density at radius 3 is 2.38 bits per heavy atom. The van der Waals surface area contributed by atoms with Gasteiger partial charge in [0.15, 0.2) is 0 Å². The van der Waals surface area contributed by atoms with Crippen molar-refractivity contribution >= 4 is 5.91 Å². The van der Waals surface area contributed by atoms with Crippen LogP contribution in [0.25, 0.3) is 0 Å². The smallest absolute Gasteiger partial charge is 0.237 e. The minimum absolute atomic E-state index is 0.0483. The molecule has 0 aliphatic carbocycles. The van der Waals surface area contributed by atoms with Crippen molar-refractivity contribution in [3.05, 3.63) is 0 Å². The number of rotatable bonds is 3. The Balaban J connectivity index is 2.47. The van der Waals surface area contributed by atoms with E-state index in [-0.39, 0.29) is 11.8 Å². The van der Waals surface area contributed by atoms with Crippen LogP contribution < -0.4 is 11.3 Å². The fraction of sp³-hybridized carbons (Fsp3) is 0.909. The summed E-state index contributed by atoms with van der Waals surface area (Å²) < 4.78 is 0. The van der Waals surface area contributed by atoms with Crippen LogP contribution in [0.15, 0.2) is 0 Å². The standard InChI is InChI=1S/C11H24N4O/c1-8(11(16)13-12)5-15-6-9(2)14(4)10(3)7-15/h8-10H,5-7,12H2,1-4H3,(H,13,16). The molecule has 16 heavy (non-hydrogen) atoms. The van der Waals surface area contributed by atoms with Gasteiger partial charge in [0.1, 0.15) is 0 Å². The first-order valence-electron chi connectivity index (χ1n) is 5.90. The summed E-state index contributed by atoms with van der Waals surface area (Å²) in [5.74, 6) is 5.00. The number of amides is 1.